The lowest BCUT2D eigenvalue weighted by atomic mass is 10.2. The monoisotopic (exact) mass is 297 g/mol. The lowest BCUT2D eigenvalue weighted by molar-refractivity contribution is 0.428. The molecule has 0 atom stereocenters. The molecule has 0 saturated heterocycles. The van der Waals surface area contributed by atoms with Gasteiger partial charge in [0.1, 0.15) is 0 Å². The van der Waals surface area contributed by atoms with E-state index in [0.29, 0.717) is 24.5 Å². The van der Waals surface area contributed by atoms with Gasteiger partial charge >= 0.3 is 0 Å². The van der Waals surface area contributed by atoms with Crippen molar-refractivity contribution in [1.29, 1.82) is 0 Å². The Hall–Kier alpha value is -1.11. The van der Waals surface area contributed by atoms with Crippen molar-refractivity contribution in [2.45, 2.75) is 38.1 Å². The van der Waals surface area contributed by atoms with Gasteiger partial charge in [0, 0.05) is 31.5 Å². The molecule has 6 heteroatoms. The second kappa shape index (κ2) is 6.56. The molecule has 0 amide bonds. The van der Waals surface area contributed by atoms with Gasteiger partial charge in [0.15, 0.2) is 0 Å². The van der Waals surface area contributed by atoms with Gasteiger partial charge in [-0.05, 0) is 32.4 Å². The van der Waals surface area contributed by atoms with Crippen LogP contribution in [-0.4, -0.2) is 37.3 Å². The van der Waals surface area contributed by atoms with Gasteiger partial charge in [0.2, 0.25) is 10.0 Å². The zero-order chi connectivity index (χ0) is 14.6. The van der Waals surface area contributed by atoms with Crippen LogP contribution < -0.4 is 5.32 Å². The fourth-order valence-electron chi connectivity index (χ4n) is 2.30. The Morgan fingerprint density at radius 3 is 2.95 bits per heavy atom. The molecule has 1 aliphatic rings. The first-order chi connectivity index (χ1) is 9.54. The molecule has 2 rings (SSSR count). The minimum atomic E-state index is -3.37. The standard InChI is InChI=1S/C14H23N3O2S/c1-3-6-15-9-13-8-14(10-16-13)20(18,19)17-7-4-5-12(2)11-17/h5,8,10,15-16H,3-4,6-7,9,11H2,1-2H3. The van der Waals surface area contributed by atoms with Crippen molar-refractivity contribution < 1.29 is 8.42 Å². The second-order valence-electron chi connectivity index (χ2n) is 5.22. The Kier molecular flexibility index (Phi) is 5.01. The number of sulfonamides is 1. The summed E-state index contributed by atoms with van der Waals surface area (Å²) in [6.45, 7) is 6.73. The number of H-pyrrole nitrogens is 1. The van der Waals surface area contributed by atoms with Gasteiger partial charge in [-0.1, -0.05) is 18.6 Å². The third kappa shape index (κ3) is 3.50. The first-order valence-corrected chi connectivity index (χ1v) is 8.52. The Balaban J connectivity index is 2.08. The summed E-state index contributed by atoms with van der Waals surface area (Å²) in [5, 5.41) is 3.25. The van der Waals surface area contributed by atoms with Crippen molar-refractivity contribution in [2.75, 3.05) is 19.6 Å². The second-order valence-corrected chi connectivity index (χ2v) is 7.15. The summed E-state index contributed by atoms with van der Waals surface area (Å²) in [5.41, 5.74) is 2.02. The van der Waals surface area contributed by atoms with Crippen LogP contribution in [-0.2, 0) is 16.6 Å². The predicted octanol–water partition coefficient (Wildman–Crippen LogP) is 1.85. The van der Waals surface area contributed by atoms with Crippen LogP contribution in [0.5, 0.6) is 0 Å². The number of aromatic amines is 1. The molecule has 5 nitrogen and oxygen atoms in total. The number of hydrogen-bond acceptors (Lipinski definition) is 3. The molecule has 0 spiro atoms. The van der Waals surface area contributed by atoms with Crippen LogP contribution in [0.25, 0.3) is 0 Å². The van der Waals surface area contributed by atoms with Crippen LogP contribution in [0.2, 0.25) is 0 Å². The van der Waals surface area contributed by atoms with E-state index in [1.807, 2.05) is 6.92 Å². The van der Waals surface area contributed by atoms with Crippen LogP contribution in [0.1, 0.15) is 32.4 Å². The molecule has 1 aromatic heterocycles. The van der Waals surface area contributed by atoms with Crippen LogP contribution in [0.15, 0.2) is 28.8 Å². The third-order valence-corrected chi connectivity index (χ3v) is 5.22. The Bertz CT molecular complexity index is 575. The molecular weight excluding hydrogens is 274 g/mol. The van der Waals surface area contributed by atoms with Gasteiger partial charge in [-0.2, -0.15) is 4.31 Å². The molecule has 0 bridgehead atoms. The smallest absolute Gasteiger partial charge is 0.244 e. The van der Waals surface area contributed by atoms with Gasteiger partial charge < -0.3 is 10.3 Å². The lowest BCUT2D eigenvalue weighted by Gasteiger charge is -2.24. The minimum absolute atomic E-state index is 0.362. The van der Waals surface area contributed by atoms with E-state index in [1.54, 1.807) is 16.6 Å². The molecule has 1 aliphatic heterocycles. The molecule has 0 aliphatic carbocycles. The largest absolute Gasteiger partial charge is 0.363 e. The van der Waals surface area contributed by atoms with Gasteiger partial charge in [-0.3, -0.25) is 0 Å². The van der Waals surface area contributed by atoms with Crippen molar-refractivity contribution in [2.24, 2.45) is 0 Å². The van der Waals surface area contributed by atoms with Gasteiger partial charge in [0.05, 0.1) is 4.90 Å². The quantitative estimate of drug-likeness (QED) is 0.622. The van der Waals surface area contributed by atoms with Gasteiger partial charge in [-0.15, -0.1) is 0 Å². The maximum absolute atomic E-state index is 12.5. The third-order valence-electron chi connectivity index (χ3n) is 3.39. The molecule has 0 unspecified atom stereocenters. The van der Waals surface area contributed by atoms with Gasteiger partial charge in [0.25, 0.3) is 0 Å². The highest BCUT2D eigenvalue weighted by Crippen LogP contribution is 2.21. The average molecular weight is 297 g/mol. The summed E-state index contributed by atoms with van der Waals surface area (Å²) in [6, 6.07) is 1.73. The Morgan fingerprint density at radius 2 is 2.25 bits per heavy atom. The van der Waals surface area contributed by atoms with E-state index >= 15 is 0 Å². The Morgan fingerprint density at radius 1 is 1.45 bits per heavy atom. The van der Waals surface area contributed by atoms with E-state index in [4.69, 9.17) is 0 Å². The molecule has 0 fully saturated rings. The lowest BCUT2D eigenvalue weighted by Crippen LogP contribution is -2.35. The summed E-state index contributed by atoms with van der Waals surface area (Å²) < 4.78 is 26.6. The van der Waals surface area contributed by atoms with Crippen molar-refractivity contribution in [3.63, 3.8) is 0 Å². The molecule has 0 aromatic carbocycles. The Labute approximate surface area is 121 Å². The van der Waals surface area contributed by atoms with E-state index in [2.05, 4.69) is 23.3 Å². The molecule has 1 aromatic rings. The fourth-order valence-corrected chi connectivity index (χ4v) is 3.82. The van der Waals surface area contributed by atoms with Crippen LogP contribution in [0, 0.1) is 0 Å². The van der Waals surface area contributed by atoms with E-state index in [9.17, 15) is 8.42 Å². The summed E-state index contributed by atoms with van der Waals surface area (Å²) >= 11 is 0. The van der Waals surface area contributed by atoms with Crippen LogP contribution >= 0.6 is 0 Å². The summed E-state index contributed by atoms with van der Waals surface area (Å²) in [6.07, 6.45) is 5.54. The topological polar surface area (TPSA) is 65.2 Å². The SMILES string of the molecule is CCCNCc1cc(S(=O)(=O)N2CCC=C(C)C2)c[nH]1. The fraction of sp³-hybridized carbons (Fsp3) is 0.571. The number of nitrogens with zero attached hydrogens (tertiary/aromatic N) is 1. The summed E-state index contributed by atoms with van der Waals surface area (Å²) in [7, 11) is -3.37. The average Bonchev–Trinajstić information content (AvgIpc) is 2.88. The maximum Gasteiger partial charge on any atom is 0.244 e. The van der Waals surface area contributed by atoms with Crippen molar-refractivity contribution in [3.8, 4) is 0 Å². The number of hydrogen-bond donors (Lipinski definition) is 2. The van der Waals surface area contributed by atoms with Crippen LogP contribution in [0.4, 0.5) is 0 Å². The van der Waals surface area contributed by atoms with E-state index in [-0.39, 0.29) is 0 Å². The molecular formula is C14H23N3O2S. The zero-order valence-electron chi connectivity index (χ0n) is 12.1. The van der Waals surface area contributed by atoms with Crippen LogP contribution in [0.3, 0.4) is 0 Å². The van der Waals surface area contributed by atoms with Crippen molar-refractivity contribution in [1.82, 2.24) is 14.6 Å². The summed E-state index contributed by atoms with van der Waals surface area (Å²) in [5.74, 6) is 0. The van der Waals surface area contributed by atoms with Crippen molar-refractivity contribution in [3.05, 3.63) is 29.6 Å². The summed E-state index contributed by atoms with van der Waals surface area (Å²) in [4.78, 5) is 3.40. The molecule has 2 heterocycles. The maximum atomic E-state index is 12.5. The van der Waals surface area contributed by atoms with E-state index in [1.165, 1.54) is 0 Å². The van der Waals surface area contributed by atoms with Gasteiger partial charge in [-0.25, -0.2) is 8.42 Å². The molecule has 112 valence electrons. The molecule has 2 N–H and O–H groups in total. The number of rotatable bonds is 6. The zero-order valence-corrected chi connectivity index (χ0v) is 13.0. The highest BCUT2D eigenvalue weighted by Gasteiger charge is 2.26. The van der Waals surface area contributed by atoms with E-state index in [0.717, 1.165) is 30.7 Å². The number of aromatic nitrogens is 1. The first-order valence-electron chi connectivity index (χ1n) is 7.08. The first kappa shape index (κ1) is 15.3. The molecule has 0 saturated carbocycles. The highest BCUT2D eigenvalue weighted by molar-refractivity contribution is 7.89. The van der Waals surface area contributed by atoms with E-state index < -0.39 is 10.0 Å². The molecule has 0 radical (unpaired) electrons. The predicted molar refractivity (Wildman–Crippen MR) is 79.9 cm³/mol. The van der Waals surface area contributed by atoms with Crippen molar-refractivity contribution >= 4 is 10.0 Å². The highest BCUT2D eigenvalue weighted by atomic mass is 32.2. The molecule has 20 heavy (non-hydrogen) atoms. The normalized spacial score (nSPS) is 17.2. The number of nitrogens with one attached hydrogen (secondary N) is 2. The minimum Gasteiger partial charge on any atom is -0.363 e.